The fourth-order valence-corrected chi connectivity index (χ4v) is 3.91. The quantitative estimate of drug-likeness (QED) is 0.881. The van der Waals surface area contributed by atoms with Crippen LogP contribution in [-0.2, 0) is 11.2 Å². The molecule has 4 rings (SSSR count). The standard InChI is InChI=1S/C17H21ClN2O/c18-11-4-5-15-14(9-11)13-6-7-19-16(17(13)20-15)10-12-3-1-2-8-21-12/h4-5,9,12,16,19-20H,1-3,6-8,10H2/t12?,16-/m0/s1. The van der Waals surface area contributed by atoms with E-state index in [9.17, 15) is 0 Å². The van der Waals surface area contributed by atoms with Crippen molar-refractivity contribution in [3.63, 3.8) is 0 Å². The molecule has 2 aromatic rings. The van der Waals surface area contributed by atoms with Gasteiger partial charge in [-0.05, 0) is 62.4 Å². The number of aromatic amines is 1. The number of ether oxygens (including phenoxy) is 1. The highest BCUT2D eigenvalue weighted by atomic mass is 35.5. The molecular weight excluding hydrogens is 284 g/mol. The lowest BCUT2D eigenvalue weighted by Gasteiger charge is -2.30. The normalized spacial score (nSPS) is 26.0. The summed E-state index contributed by atoms with van der Waals surface area (Å²) >= 11 is 6.16. The number of rotatable bonds is 2. The summed E-state index contributed by atoms with van der Waals surface area (Å²) in [4.78, 5) is 3.61. The van der Waals surface area contributed by atoms with Gasteiger partial charge in [-0.25, -0.2) is 0 Å². The largest absolute Gasteiger partial charge is 0.378 e. The van der Waals surface area contributed by atoms with Gasteiger partial charge in [0.1, 0.15) is 0 Å². The Morgan fingerprint density at radius 2 is 2.24 bits per heavy atom. The first-order chi connectivity index (χ1) is 10.3. The van der Waals surface area contributed by atoms with E-state index in [1.165, 1.54) is 41.4 Å². The Kier molecular flexibility index (Phi) is 3.66. The van der Waals surface area contributed by atoms with Crippen molar-refractivity contribution >= 4 is 22.5 Å². The zero-order chi connectivity index (χ0) is 14.2. The Morgan fingerprint density at radius 3 is 3.10 bits per heavy atom. The topological polar surface area (TPSA) is 37.0 Å². The Morgan fingerprint density at radius 1 is 1.29 bits per heavy atom. The van der Waals surface area contributed by atoms with Crippen molar-refractivity contribution in [1.29, 1.82) is 0 Å². The summed E-state index contributed by atoms with van der Waals surface area (Å²) in [6.45, 7) is 1.95. The molecule has 0 spiro atoms. The Bertz CT molecular complexity index is 646. The van der Waals surface area contributed by atoms with Gasteiger partial charge in [0, 0.05) is 28.2 Å². The van der Waals surface area contributed by atoms with E-state index >= 15 is 0 Å². The molecule has 1 aromatic heterocycles. The first-order valence-electron chi connectivity index (χ1n) is 7.96. The molecular formula is C17H21ClN2O. The van der Waals surface area contributed by atoms with Crippen molar-refractivity contribution in [1.82, 2.24) is 10.3 Å². The average molecular weight is 305 g/mol. The van der Waals surface area contributed by atoms with E-state index in [0.29, 0.717) is 12.1 Å². The highest BCUT2D eigenvalue weighted by Crippen LogP contribution is 2.34. The number of benzene rings is 1. The summed E-state index contributed by atoms with van der Waals surface area (Å²) in [7, 11) is 0. The van der Waals surface area contributed by atoms with Crippen LogP contribution in [0.3, 0.4) is 0 Å². The van der Waals surface area contributed by atoms with E-state index in [0.717, 1.165) is 31.0 Å². The van der Waals surface area contributed by atoms with Crippen molar-refractivity contribution in [3.8, 4) is 0 Å². The number of halogens is 1. The van der Waals surface area contributed by atoms with Crippen LogP contribution >= 0.6 is 11.6 Å². The second kappa shape index (κ2) is 5.64. The second-order valence-corrected chi connectivity index (χ2v) is 6.62. The van der Waals surface area contributed by atoms with Gasteiger partial charge < -0.3 is 15.0 Å². The zero-order valence-corrected chi connectivity index (χ0v) is 12.9. The van der Waals surface area contributed by atoms with E-state index in [-0.39, 0.29) is 0 Å². The molecule has 1 saturated heterocycles. The fraction of sp³-hybridized carbons (Fsp3) is 0.529. The highest BCUT2D eigenvalue weighted by molar-refractivity contribution is 6.31. The molecule has 2 atom stereocenters. The van der Waals surface area contributed by atoms with E-state index in [1.807, 2.05) is 6.07 Å². The van der Waals surface area contributed by atoms with Gasteiger partial charge in [0.15, 0.2) is 0 Å². The van der Waals surface area contributed by atoms with Crippen LogP contribution in [0.5, 0.6) is 0 Å². The number of fused-ring (bicyclic) bond motifs is 3. The van der Waals surface area contributed by atoms with E-state index in [1.54, 1.807) is 0 Å². The van der Waals surface area contributed by atoms with Gasteiger partial charge in [-0.3, -0.25) is 0 Å². The molecule has 3 heterocycles. The minimum Gasteiger partial charge on any atom is -0.378 e. The molecule has 0 aliphatic carbocycles. The molecule has 1 fully saturated rings. The third-order valence-corrected chi connectivity index (χ3v) is 5.02. The van der Waals surface area contributed by atoms with Gasteiger partial charge in [-0.1, -0.05) is 11.6 Å². The molecule has 0 amide bonds. The Labute approximate surface area is 130 Å². The summed E-state index contributed by atoms with van der Waals surface area (Å²) in [5.74, 6) is 0. The fourth-order valence-electron chi connectivity index (χ4n) is 3.74. The molecule has 3 nitrogen and oxygen atoms in total. The molecule has 1 aromatic carbocycles. The summed E-state index contributed by atoms with van der Waals surface area (Å²) < 4.78 is 5.91. The van der Waals surface area contributed by atoms with Crippen LogP contribution in [0.15, 0.2) is 18.2 Å². The lowest BCUT2D eigenvalue weighted by molar-refractivity contribution is 0.00446. The monoisotopic (exact) mass is 304 g/mol. The zero-order valence-electron chi connectivity index (χ0n) is 12.1. The minimum absolute atomic E-state index is 0.378. The molecule has 2 aliphatic rings. The predicted octanol–water partition coefficient (Wildman–Crippen LogP) is 3.97. The molecule has 0 saturated carbocycles. The molecule has 21 heavy (non-hydrogen) atoms. The van der Waals surface area contributed by atoms with Crippen molar-refractivity contribution in [3.05, 3.63) is 34.5 Å². The number of hydrogen-bond acceptors (Lipinski definition) is 2. The van der Waals surface area contributed by atoms with E-state index in [4.69, 9.17) is 16.3 Å². The van der Waals surface area contributed by atoms with Crippen LogP contribution < -0.4 is 5.32 Å². The Balaban J connectivity index is 1.65. The molecule has 4 heteroatoms. The number of nitrogens with one attached hydrogen (secondary N) is 2. The third kappa shape index (κ3) is 2.59. The summed E-state index contributed by atoms with van der Waals surface area (Å²) in [5, 5.41) is 5.75. The summed E-state index contributed by atoms with van der Waals surface area (Å²) in [6.07, 6.45) is 6.24. The van der Waals surface area contributed by atoms with Gasteiger partial charge >= 0.3 is 0 Å². The maximum absolute atomic E-state index is 6.16. The number of aromatic nitrogens is 1. The van der Waals surface area contributed by atoms with E-state index in [2.05, 4.69) is 22.4 Å². The van der Waals surface area contributed by atoms with Crippen molar-refractivity contribution in [2.45, 2.75) is 44.2 Å². The predicted molar refractivity (Wildman–Crippen MR) is 86.0 cm³/mol. The van der Waals surface area contributed by atoms with Gasteiger partial charge in [-0.15, -0.1) is 0 Å². The lowest BCUT2D eigenvalue weighted by Crippen LogP contribution is -2.33. The molecule has 0 bridgehead atoms. The maximum atomic E-state index is 6.16. The smallest absolute Gasteiger partial charge is 0.0593 e. The van der Waals surface area contributed by atoms with Crippen LogP contribution in [0.25, 0.3) is 10.9 Å². The summed E-state index contributed by atoms with van der Waals surface area (Å²) in [6, 6.07) is 6.51. The molecule has 112 valence electrons. The van der Waals surface area contributed by atoms with Gasteiger partial charge in [0.2, 0.25) is 0 Å². The minimum atomic E-state index is 0.378. The highest BCUT2D eigenvalue weighted by Gasteiger charge is 2.27. The van der Waals surface area contributed by atoms with Crippen LogP contribution in [-0.4, -0.2) is 24.2 Å². The van der Waals surface area contributed by atoms with Crippen molar-refractivity contribution in [2.24, 2.45) is 0 Å². The van der Waals surface area contributed by atoms with Crippen LogP contribution in [0.2, 0.25) is 5.02 Å². The Hall–Kier alpha value is -1.03. The first kappa shape index (κ1) is 13.6. The van der Waals surface area contributed by atoms with Crippen molar-refractivity contribution < 1.29 is 4.74 Å². The first-order valence-corrected chi connectivity index (χ1v) is 8.34. The maximum Gasteiger partial charge on any atom is 0.0593 e. The molecule has 0 radical (unpaired) electrons. The van der Waals surface area contributed by atoms with Gasteiger partial charge in [0.25, 0.3) is 0 Å². The molecule has 1 unspecified atom stereocenters. The van der Waals surface area contributed by atoms with Crippen LogP contribution in [0, 0.1) is 0 Å². The third-order valence-electron chi connectivity index (χ3n) is 4.79. The van der Waals surface area contributed by atoms with E-state index < -0.39 is 0 Å². The van der Waals surface area contributed by atoms with Crippen molar-refractivity contribution in [2.75, 3.05) is 13.2 Å². The van der Waals surface area contributed by atoms with Gasteiger partial charge in [0.05, 0.1) is 12.1 Å². The SMILES string of the molecule is Clc1ccc2[nH]c3c(c2c1)CCN[C@H]3CC1CCCCO1. The van der Waals surface area contributed by atoms with Gasteiger partial charge in [-0.2, -0.15) is 0 Å². The molecule has 2 aliphatic heterocycles. The number of H-pyrrole nitrogens is 1. The summed E-state index contributed by atoms with van der Waals surface area (Å²) in [5.41, 5.74) is 3.97. The molecule has 2 N–H and O–H groups in total. The lowest BCUT2D eigenvalue weighted by atomic mass is 9.93. The number of hydrogen-bond donors (Lipinski definition) is 2. The van der Waals surface area contributed by atoms with Crippen LogP contribution in [0.4, 0.5) is 0 Å². The van der Waals surface area contributed by atoms with Crippen LogP contribution in [0.1, 0.15) is 43.0 Å². The second-order valence-electron chi connectivity index (χ2n) is 6.19. The average Bonchev–Trinajstić information content (AvgIpc) is 2.88.